The van der Waals surface area contributed by atoms with Gasteiger partial charge < -0.3 is 10.1 Å². The van der Waals surface area contributed by atoms with Gasteiger partial charge in [0.1, 0.15) is 5.75 Å². The first-order valence-electron chi connectivity index (χ1n) is 6.90. The highest BCUT2D eigenvalue weighted by Gasteiger charge is 2.12. The van der Waals surface area contributed by atoms with Crippen molar-refractivity contribution in [1.82, 2.24) is 9.38 Å². The van der Waals surface area contributed by atoms with Crippen molar-refractivity contribution in [3.63, 3.8) is 0 Å². The van der Waals surface area contributed by atoms with E-state index in [1.165, 1.54) is 17.0 Å². The van der Waals surface area contributed by atoms with Crippen molar-refractivity contribution in [3.8, 4) is 5.75 Å². The van der Waals surface area contributed by atoms with Crippen LogP contribution in [0.1, 0.15) is 22.6 Å². The van der Waals surface area contributed by atoms with Crippen LogP contribution >= 0.6 is 11.3 Å². The van der Waals surface area contributed by atoms with Crippen LogP contribution in [0.25, 0.3) is 4.96 Å². The molecule has 0 aliphatic rings. The number of nitrogens with one attached hydrogen (secondary N) is 1. The summed E-state index contributed by atoms with van der Waals surface area (Å²) in [6, 6.07) is 6.15. The minimum atomic E-state index is 0.727. The van der Waals surface area contributed by atoms with Crippen LogP contribution in [-0.4, -0.2) is 16.5 Å². The van der Waals surface area contributed by atoms with Crippen LogP contribution < -0.4 is 10.1 Å². The van der Waals surface area contributed by atoms with Gasteiger partial charge in [-0.25, -0.2) is 4.98 Å². The SMILES string of the molecule is COc1ccc(C)cc1NCc1c(C)nc2scc(C)n12. The molecule has 0 amide bonds. The fourth-order valence-corrected chi connectivity index (χ4v) is 3.45. The third kappa shape index (κ3) is 2.49. The number of fused-ring (bicyclic) bond motifs is 1. The highest BCUT2D eigenvalue weighted by atomic mass is 32.1. The van der Waals surface area contributed by atoms with Crippen LogP contribution in [0.2, 0.25) is 0 Å². The number of nitrogens with zero attached hydrogens (tertiary/aromatic N) is 2. The van der Waals surface area contributed by atoms with Crippen molar-refractivity contribution < 1.29 is 4.74 Å². The first-order valence-corrected chi connectivity index (χ1v) is 7.78. The fourth-order valence-electron chi connectivity index (χ4n) is 2.51. The number of rotatable bonds is 4. The van der Waals surface area contributed by atoms with Gasteiger partial charge in [0.05, 0.1) is 30.7 Å². The molecular formula is C16H19N3OS. The largest absolute Gasteiger partial charge is 0.495 e. The predicted molar refractivity (Wildman–Crippen MR) is 87.6 cm³/mol. The van der Waals surface area contributed by atoms with E-state index in [-0.39, 0.29) is 0 Å². The van der Waals surface area contributed by atoms with Crippen molar-refractivity contribution in [1.29, 1.82) is 0 Å². The normalized spacial score (nSPS) is 11.0. The third-order valence-corrected chi connectivity index (χ3v) is 4.57. The van der Waals surface area contributed by atoms with Crippen molar-refractivity contribution in [2.75, 3.05) is 12.4 Å². The molecule has 3 rings (SSSR count). The summed E-state index contributed by atoms with van der Waals surface area (Å²) in [5.41, 5.74) is 5.72. The molecule has 0 aliphatic heterocycles. The van der Waals surface area contributed by atoms with Crippen molar-refractivity contribution in [3.05, 3.63) is 46.2 Å². The zero-order valence-corrected chi connectivity index (χ0v) is 13.5. The van der Waals surface area contributed by atoms with Gasteiger partial charge in [-0.15, -0.1) is 11.3 Å². The topological polar surface area (TPSA) is 38.6 Å². The summed E-state index contributed by atoms with van der Waals surface area (Å²) in [7, 11) is 1.70. The van der Waals surface area contributed by atoms with Crippen LogP contribution in [0.5, 0.6) is 5.75 Å². The van der Waals surface area contributed by atoms with Gasteiger partial charge >= 0.3 is 0 Å². The number of hydrogen-bond donors (Lipinski definition) is 1. The number of aryl methyl sites for hydroxylation is 3. The molecule has 0 saturated heterocycles. The van der Waals surface area contributed by atoms with E-state index in [1.807, 2.05) is 6.07 Å². The molecule has 1 N–H and O–H groups in total. The maximum absolute atomic E-state index is 5.41. The molecule has 1 aromatic carbocycles. The molecule has 2 aromatic heterocycles. The lowest BCUT2D eigenvalue weighted by atomic mass is 10.2. The summed E-state index contributed by atoms with van der Waals surface area (Å²) >= 11 is 1.68. The van der Waals surface area contributed by atoms with E-state index in [9.17, 15) is 0 Å². The summed E-state index contributed by atoms with van der Waals surface area (Å²) in [5, 5.41) is 5.61. The highest BCUT2D eigenvalue weighted by Crippen LogP contribution is 2.27. The molecular weight excluding hydrogens is 282 g/mol. The Morgan fingerprint density at radius 3 is 2.86 bits per heavy atom. The Kier molecular flexibility index (Phi) is 3.59. The maximum atomic E-state index is 5.41. The van der Waals surface area contributed by atoms with Gasteiger partial charge in [-0.3, -0.25) is 4.40 Å². The predicted octanol–water partition coefficient (Wildman–Crippen LogP) is 3.94. The molecule has 5 heteroatoms. The van der Waals surface area contributed by atoms with Crippen molar-refractivity contribution in [2.24, 2.45) is 0 Å². The molecule has 0 saturated carbocycles. The van der Waals surface area contributed by atoms with Crippen molar-refractivity contribution in [2.45, 2.75) is 27.3 Å². The number of imidazole rings is 1. The number of methoxy groups -OCH3 is 1. The quantitative estimate of drug-likeness (QED) is 0.793. The number of benzene rings is 1. The van der Waals surface area contributed by atoms with E-state index in [0.717, 1.165) is 28.6 Å². The average molecular weight is 301 g/mol. The van der Waals surface area contributed by atoms with E-state index in [0.29, 0.717) is 0 Å². The summed E-state index contributed by atoms with van der Waals surface area (Å²) in [5.74, 6) is 0.862. The number of anilines is 1. The Balaban J connectivity index is 1.91. The first-order chi connectivity index (χ1) is 10.1. The lowest BCUT2D eigenvalue weighted by molar-refractivity contribution is 0.416. The fraction of sp³-hybridized carbons (Fsp3) is 0.312. The number of hydrogen-bond acceptors (Lipinski definition) is 4. The number of ether oxygens (including phenoxy) is 1. The lowest BCUT2D eigenvalue weighted by Gasteiger charge is -2.12. The Labute approximate surface area is 128 Å². The molecule has 0 spiro atoms. The van der Waals surface area contributed by atoms with E-state index < -0.39 is 0 Å². The van der Waals surface area contributed by atoms with Crippen molar-refractivity contribution >= 4 is 22.0 Å². The van der Waals surface area contributed by atoms with E-state index in [2.05, 4.69) is 53.0 Å². The molecule has 0 atom stereocenters. The molecule has 0 fully saturated rings. The van der Waals surface area contributed by atoms with Crippen LogP contribution in [0.15, 0.2) is 23.6 Å². The van der Waals surface area contributed by atoms with Gasteiger partial charge in [-0.2, -0.15) is 0 Å². The molecule has 4 nitrogen and oxygen atoms in total. The second-order valence-electron chi connectivity index (χ2n) is 5.20. The zero-order chi connectivity index (χ0) is 15.0. The summed E-state index contributed by atoms with van der Waals surface area (Å²) in [6.45, 7) is 6.98. The molecule has 0 aliphatic carbocycles. The highest BCUT2D eigenvalue weighted by molar-refractivity contribution is 7.15. The zero-order valence-electron chi connectivity index (χ0n) is 12.7. The number of aromatic nitrogens is 2. The maximum Gasteiger partial charge on any atom is 0.194 e. The standard InChI is InChI=1S/C16H19N3OS/c1-10-5-6-15(20-4)13(7-10)17-8-14-12(3)18-16-19(14)11(2)9-21-16/h5-7,9,17H,8H2,1-4H3. The Bertz CT molecular complexity index is 788. The minimum Gasteiger partial charge on any atom is -0.495 e. The smallest absolute Gasteiger partial charge is 0.194 e. The first kappa shape index (κ1) is 13.9. The van der Waals surface area contributed by atoms with Gasteiger partial charge in [0.25, 0.3) is 0 Å². The lowest BCUT2D eigenvalue weighted by Crippen LogP contribution is -2.06. The van der Waals surface area contributed by atoms with Gasteiger partial charge in [-0.1, -0.05) is 6.07 Å². The molecule has 110 valence electrons. The molecule has 0 bridgehead atoms. The Morgan fingerprint density at radius 2 is 2.10 bits per heavy atom. The molecule has 3 aromatic rings. The van der Waals surface area contributed by atoms with Gasteiger partial charge in [0.2, 0.25) is 0 Å². The molecule has 2 heterocycles. The second kappa shape index (κ2) is 5.41. The molecule has 21 heavy (non-hydrogen) atoms. The minimum absolute atomic E-state index is 0.727. The summed E-state index contributed by atoms with van der Waals surface area (Å²) < 4.78 is 7.63. The third-order valence-electron chi connectivity index (χ3n) is 3.63. The van der Waals surface area contributed by atoms with E-state index in [4.69, 9.17) is 4.74 Å². The number of thiazole rings is 1. The van der Waals surface area contributed by atoms with Gasteiger partial charge in [0.15, 0.2) is 4.96 Å². The summed E-state index contributed by atoms with van der Waals surface area (Å²) in [6.07, 6.45) is 0. The monoisotopic (exact) mass is 301 g/mol. The second-order valence-corrected chi connectivity index (χ2v) is 6.03. The van der Waals surface area contributed by atoms with E-state index in [1.54, 1.807) is 18.4 Å². The Morgan fingerprint density at radius 1 is 1.29 bits per heavy atom. The molecule has 0 unspecified atom stereocenters. The van der Waals surface area contributed by atoms with Crippen LogP contribution in [0.3, 0.4) is 0 Å². The Hall–Kier alpha value is -2.01. The van der Waals surface area contributed by atoms with Crippen LogP contribution in [0, 0.1) is 20.8 Å². The van der Waals surface area contributed by atoms with E-state index >= 15 is 0 Å². The summed E-state index contributed by atoms with van der Waals surface area (Å²) in [4.78, 5) is 5.67. The average Bonchev–Trinajstić information content (AvgIpc) is 2.96. The van der Waals surface area contributed by atoms with Crippen LogP contribution in [0.4, 0.5) is 5.69 Å². The van der Waals surface area contributed by atoms with Gasteiger partial charge in [-0.05, 0) is 38.5 Å². The van der Waals surface area contributed by atoms with Crippen LogP contribution in [-0.2, 0) is 6.54 Å². The van der Waals surface area contributed by atoms with Gasteiger partial charge in [0, 0.05) is 11.1 Å². The molecule has 0 radical (unpaired) electrons.